The van der Waals surface area contributed by atoms with E-state index in [0.717, 1.165) is 12.5 Å². The van der Waals surface area contributed by atoms with E-state index in [9.17, 15) is 18.8 Å². The fourth-order valence-electron chi connectivity index (χ4n) is 4.50. The van der Waals surface area contributed by atoms with Crippen LogP contribution in [0.25, 0.3) is 0 Å². The molecular formula is C25H29ClFN5O4. The Hall–Kier alpha value is -3.21. The Bertz CT molecular complexity index is 1130. The molecule has 1 unspecified atom stereocenters. The predicted octanol–water partition coefficient (Wildman–Crippen LogP) is 3.17. The van der Waals surface area contributed by atoms with Crippen molar-refractivity contribution in [3.05, 3.63) is 58.9 Å². The van der Waals surface area contributed by atoms with Crippen molar-refractivity contribution in [3.63, 3.8) is 0 Å². The highest BCUT2D eigenvalue weighted by Gasteiger charge is 2.40. The van der Waals surface area contributed by atoms with Crippen LogP contribution in [0.15, 0.2) is 42.5 Å². The molecule has 2 fully saturated rings. The monoisotopic (exact) mass is 517 g/mol. The third-order valence-corrected chi connectivity index (χ3v) is 6.86. The minimum Gasteiger partial charge on any atom is -0.380 e. The number of likely N-dealkylation sites (tertiary alicyclic amines) is 2. The Balaban J connectivity index is 1.43. The van der Waals surface area contributed by atoms with E-state index in [0.29, 0.717) is 23.8 Å². The normalized spacial score (nSPS) is 21.5. The van der Waals surface area contributed by atoms with Crippen molar-refractivity contribution in [2.45, 2.75) is 31.0 Å². The van der Waals surface area contributed by atoms with Crippen LogP contribution in [0.1, 0.15) is 23.2 Å². The maximum atomic E-state index is 14.9. The van der Waals surface area contributed by atoms with Crippen LogP contribution < -0.4 is 16.0 Å². The Morgan fingerprint density at radius 2 is 1.83 bits per heavy atom. The number of rotatable bonds is 6. The van der Waals surface area contributed by atoms with Gasteiger partial charge in [0, 0.05) is 55.5 Å². The molecule has 0 saturated carbocycles. The quantitative estimate of drug-likeness (QED) is 0.546. The maximum absolute atomic E-state index is 14.9. The first-order valence-corrected chi connectivity index (χ1v) is 12.1. The molecule has 0 radical (unpaired) electrons. The number of carbonyl (C=O) groups is 3. The zero-order chi connectivity index (χ0) is 25.8. The molecule has 2 aliphatic rings. The number of nitrogens with one attached hydrogen (secondary N) is 3. The van der Waals surface area contributed by atoms with Gasteiger partial charge in [-0.3, -0.25) is 9.59 Å². The summed E-state index contributed by atoms with van der Waals surface area (Å²) >= 11 is 5.89. The second kappa shape index (κ2) is 11.2. The number of likely N-dealkylation sites (N-methyl/N-ethyl adjacent to an activating group) is 1. The lowest BCUT2D eigenvalue weighted by molar-refractivity contribution is -0.119. The van der Waals surface area contributed by atoms with Gasteiger partial charge in [-0.2, -0.15) is 0 Å². The van der Waals surface area contributed by atoms with Gasteiger partial charge < -0.3 is 30.5 Å². The molecule has 11 heteroatoms. The number of benzene rings is 2. The Labute approximate surface area is 213 Å². The van der Waals surface area contributed by atoms with Crippen molar-refractivity contribution in [1.29, 1.82) is 0 Å². The molecule has 3 atom stereocenters. The van der Waals surface area contributed by atoms with Crippen LogP contribution in [0.2, 0.25) is 5.02 Å². The van der Waals surface area contributed by atoms with E-state index in [4.69, 9.17) is 16.3 Å². The first-order chi connectivity index (χ1) is 17.3. The fraction of sp³-hybridized carbons (Fsp3) is 0.400. The molecule has 0 aliphatic carbocycles. The van der Waals surface area contributed by atoms with Crippen molar-refractivity contribution in [2.75, 3.05) is 44.4 Å². The summed E-state index contributed by atoms with van der Waals surface area (Å²) in [7, 11) is 3.35. The van der Waals surface area contributed by atoms with Gasteiger partial charge in [-0.1, -0.05) is 11.6 Å². The van der Waals surface area contributed by atoms with Gasteiger partial charge >= 0.3 is 6.03 Å². The average molecular weight is 518 g/mol. The summed E-state index contributed by atoms with van der Waals surface area (Å²) in [6.07, 6.45) is 0.754. The van der Waals surface area contributed by atoms with E-state index in [1.807, 2.05) is 7.05 Å². The van der Waals surface area contributed by atoms with Gasteiger partial charge in [0.05, 0.1) is 11.8 Å². The molecule has 192 valence electrons. The number of anilines is 2. The molecule has 3 N–H and O–H groups in total. The largest absolute Gasteiger partial charge is 0.380 e. The SMILES string of the molecule is CNC1CCN(C(=O)c2ccc(NC(=O)[C@H]3C[C@@H](OC)CN3C(=O)Nc3ccc(Cl)cc3)c(F)c2)C1. The molecule has 0 spiro atoms. The van der Waals surface area contributed by atoms with E-state index in [1.54, 1.807) is 29.2 Å². The lowest BCUT2D eigenvalue weighted by Gasteiger charge is -2.24. The van der Waals surface area contributed by atoms with E-state index in [2.05, 4.69) is 16.0 Å². The van der Waals surface area contributed by atoms with Gasteiger partial charge in [-0.05, 0) is 55.9 Å². The third-order valence-electron chi connectivity index (χ3n) is 6.61. The predicted molar refractivity (Wildman–Crippen MR) is 135 cm³/mol. The van der Waals surface area contributed by atoms with Gasteiger partial charge in [0.1, 0.15) is 11.9 Å². The van der Waals surface area contributed by atoms with Crippen molar-refractivity contribution in [2.24, 2.45) is 0 Å². The molecule has 2 aromatic carbocycles. The van der Waals surface area contributed by atoms with Crippen molar-refractivity contribution < 1.29 is 23.5 Å². The van der Waals surface area contributed by atoms with E-state index < -0.39 is 23.8 Å². The highest BCUT2D eigenvalue weighted by molar-refractivity contribution is 6.30. The van der Waals surface area contributed by atoms with Gasteiger partial charge in [0.25, 0.3) is 5.91 Å². The summed E-state index contributed by atoms with van der Waals surface area (Å²) in [6.45, 7) is 1.36. The van der Waals surface area contributed by atoms with Gasteiger partial charge in [-0.25, -0.2) is 9.18 Å². The molecule has 2 aliphatic heterocycles. The zero-order valence-electron chi connectivity index (χ0n) is 20.1. The third kappa shape index (κ3) is 5.77. The van der Waals surface area contributed by atoms with E-state index in [1.165, 1.54) is 24.1 Å². The lowest BCUT2D eigenvalue weighted by atomic mass is 10.1. The van der Waals surface area contributed by atoms with Crippen LogP contribution >= 0.6 is 11.6 Å². The lowest BCUT2D eigenvalue weighted by Crippen LogP contribution is -2.45. The second-order valence-electron chi connectivity index (χ2n) is 8.91. The number of halogens is 2. The minimum absolute atomic E-state index is 0.0648. The topological polar surface area (TPSA) is 103 Å². The smallest absolute Gasteiger partial charge is 0.322 e. The standard InChI is InChI=1S/C25H29ClFN5O4/c1-28-18-9-10-31(13-18)24(34)15-3-8-21(20(27)11-15)30-23(33)22-12-19(36-2)14-32(22)25(35)29-17-6-4-16(26)5-7-17/h3-8,11,18-19,22,28H,9-10,12-14H2,1-2H3,(H,29,35)(H,30,33)/t18?,19-,22-/m1/s1. The molecular weight excluding hydrogens is 489 g/mol. The summed E-state index contributed by atoms with van der Waals surface area (Å²) in [4.78, 5) is 41.8. The number of methoxy groups -OCH3 is 1. The van der Waals surface area contributed by atoms with Crippen molar-refractivity contribution in [1.82, 2.24) is 15.1 Å². The van der Waals surface area contributed by atoms with Crippen LogP contribution in [-0.4, -0.2) is 79.6 Å². The summed E-state index contributed by atoms with van der Waals surface area (Å²) in [5.41, 5.74) is 0.673. The zero-order valence-corrected chi connectivity index (χ0v) is 20.8. The van der Waals surface area contributed by atoms with E-state index in [-0.39, 0.29) is 42.3 Å². The molecule has 0 aromatic heterocycles. The molecule has 2 saturated heterocycles. The minimum atomic E-state index is -0.869. The molecule has 36 heavy (non-hydrogen) atoms. The number of carbonyl (C=O) groups excluding carboxylic acids is 3. The van der Waals surface area contributed by atoms with Crippen LogP contribution in [-0.2, 0) is 9.53 Å². The highest BCUT2D eigenvalue weighted by Crippen LogP contribution is 2.25. The number of hydrogen-bond donors (Lipinski definition) is 3. The van der Waals surface area contributed by atoms with Gasteiger partial charge in [0.2, 0.25) is 5.91 Å². The molecule has 4 rings (SSSR count). The number of ether oxygens (including phenoxy) is 1. The number of urea groups is 1. The summed E-state index contributed by atoms with van der Waals surface area (Å²) in [5.74, 6) is -1.53. The van der Waals surface area contributed by atoms with Crippen LogP contribution in [0.3, 0.4) is 0 Å². The number of hydrogen-bond acceptors (Lipinski definition) is 5. The summed E-state index contributed by atoms with van der Waals surface area (Å²) in [5, 5.41) is 8.98. The van der Waals surface area contributed by atoms with Crippen molar-refractivity contribution >= 4 is 40.8 Å². The number of amides is 4. The second-order valence-corrected chi connectivity index (χ2v) is 9.34. The highest BCUT2D eigenvalue weighted by atomic mass is 35.5. The molecule has 0 bridgehead atoms. The Morgan fingerprint density at radius 3 is 2.47 bits per heavy atom. The number of nitrogens with zero attached hydrogens (tertiary/aromatic N) is 2. The molecule has 4 amide bonds. The molecule has 2 aromatic rings. The van der Waals surface area contributed by atoms with Crippen molar-refractivity contribution in [3.8, 4) is 0 Å². The maximum Gasteiger partial charge on any atom is 0.322 e. The van der Waals surface area contributed by atoms with Crippen LogP contribution in [0, 0.1) is 5.82 Å². The summed E-state index contributed by atoms with van der Waals surface area (Å²) in [6, 6.07) is 9.44. The molecule has 9 nitrogen and oxygen atoms in total. The van der Waals surface area contributed by atoms with Crippen LogP contribution in [0.5, 0.6) is 0 Å². The summed E-state index contributed by atoms with van der Waals surface area (Å²) < 4.78 is 20.3. The van der Waals surface area contributed by atoms with Crippen LogP contribution in [0.4, 0.5) is 20.6 Å². The van der Waals surface area contributed by atoms with E-state index >= 15 is 0 Å². The molecule has 2 heterocycles. The Morgan fingerprint density at radius 1 is 1.08 bits per heavy atom. The first kappa shape index (κ1) is 25.9. The van der Waals surface area contributed by atoms with Gasteiger partial charge in [-0.15, -0.1) is 0 Å². The first-order valence-electron chi connectivity index (χ1n) is 11.7. The fourth-order valence-corrected chi connectivity index (χ4v) is 4.62. The Kier molecular flexibility index (Phi) is 8.07. The van der Waals surface area contributed by atoms with Gasteiger partial charge in [0.15, 0.2) is 0 Å². The average Bonchev–Trinajstić information content (AvgIpc) is 3.53.